The van der Waals surface area contributed by atoms with Crippen LogP contribution >= 0.6 is 11.3 Å². The predicted octanol–water partition coefficient (Wildman–Crippen LogP) is 4.54. The summed E-state index contributed by atoms with van der Waals surface area (Å²) in [4.78, 5) is 16.7. The molecule has 2 atom stereocenters. The van der Waals surface area contributed by atoms with Crippen LogP contribution in [0.3, 0.4) is 0 Å². The second kappa shape index (κ2) is 8.08. The molecule has 0 bridgehead atoms. The molecule has 2 unspecified atom stereocenters. The quantitative estimate of drug-likeness (QED) is 0.815. The maximum atomic E-state index is 12.4. The molecule has 3 nitrogen and oxygen atoms in total. The summed E-state index contributed by atoms with van der Waals surface area (Å²) in [5, 5.41) is 6.11. The highest BCUT2D eigenvalue weighted by molar-refractivity contribution is 7.09. The monoisotopic (exact) mass is 316 g/mol. The van der Waals surface area contributed by atoms with Crippen LogP contribution in [-0.2, 0) is 4.79 Å². The molecule has 1 aromatic heterocycles. The minimum absolute atomic E-state index is 0.0236. The number of amides is 1. The Labute approximate surface area is 136 Å². The summed E-state index contributed by atoms with van der Waals surface area (Å²) in [6, 6.07) is 10.2. The average Bonchev–Trinajstić information content (AvgIpc) is 3.01. The molecule has 0 aliphatic rings. The number of thiazole rings is 1. The Kier molecular flexibility index (Phi) is 6.13. The van der Waals surface area contributed by atoms with Crippen LogP contribution in [0.1, 0.15) is 56.1 Å². The first-order valence-corrected chi connectivity index (χ1v) is 8.68. The summed E-state index contributed by atoms with van der Waals surface area (Å²) in [6.45, 7) is 6.43. The minimum Gasteiger partial charge on any atom is -0.347 e. The molecule has 1 heterocycles. The number of nitrogens with zero attached hydrogens (tertiary/aromatic N) is 1. The van der Waals surface area contributed by atoms with Gasteiger partial charge in [-0.2, -0.15) is 0 Å². The number of carbonyl (C=O) groups excluding carboxylic acids is 1. The molecule has 0 radical (unpaired) electrons. The van der Waals surface area contributed by atoms with Gasteiger partial charge in [0, 0.05) is 18.0 Å². The molecule has 0 aliphatic heterocycles. The Balaban J connectivity index is 1.96. The Hall–Kier alpha value is -1.68. The van der Waals surface area contributed by atoms with Crippen molar-refractivity contribution in [2.75, 3.05) is 0 Å². The topological polar surface area (TPSA) is 42.0 Å². The van der Waals surface area contributed by atoms with Crippen molar-refractivity contribution in [3.8, 4) is 0 Å². The lowest BCUT2D eigenvalue weighted by molar-refractivity contribution is -0.122. The number of carbonyl (C=O) groups is 1. The summed E-state index contributed by atoms with van der Waals surface area (Å²) >= 11 is 1.60. The molecule has 1 N–H and O–H groups in total. The van der Waals surface area contributed by atoms with Crippen LogP contribution in [0.25, 0.3) is 0 Å². The molecule has 2 aromatic rings. The third-order valence-electron chi connectivity index (χ3n) is 3.65. The molecule has 0 fully saturated rings. The zero-order valence-electron chi connectivity index (χ0n) is 13.5. The number of aromatic nitrogens is 1. The predicted molar refractivity (Wildman–Crippen MR) is 91.9 cm³/mol. The van der Waals surface area contributed by atoms with E-state index in [2.05, 4.69) is 43.2 Å². The Morgan fingerprint density at radius 1 is 1.23 bits per heavy atom. The zero-order valence-corrected chi connectivity index (χ0v) is 14.3. The standard InChI is InChI=1S/C18H24N2OS/c1-13(2)11-16(18-19-9-10-22-18)20-17(21)12-14(3)15-7-5-4-6-8-15/h4-10,13-14,16H,11-12H2,1-3H3,(H,20,21). The van der Waals surface area contributed by atoms with E-state index in [-0.39, 0.29) is 17.9 Å². The summed E-state index contributed by atoms with van der Waals surface area (Å²) in [7, 11) is 0. The summed E-state index contributed by atoms with van der Waals surface area (Å²) < 4.78 is 0. The Morgan fingerprint density at radius 2 is 1.95 bits per heavy atom. The smallest absolute Gasteiger partial charge is 0.221 e. The van der Waals surface area contributed by atoms with Crippen molar-refractivity contribution >= 4 is 17.2 Å². The van der Waals surface area contributed by atoms with E-state index in [1.807, 2.05) is 23.6 Å². The van der Waals surface area contributed by atoms with Crippen LogP contribution in [-0.4, -0.2) is 10.9 Å². The fraction of sp³-hybridized carbons (Fsp3) is 0.444. The van der Waals surface area contributed by atoms with Gasteiger partial charge in [-0.15, -0.1) is 11.3 Å². The minimum atomic E-state index is 0.0236. The van der Waals surface area contributed by atoms with Gasteiger partial charge in [-0.1, -0.05) is 51.1 Å². The first kappa shape index (κ1) is 16.7. The van der Waals surface area contributed by atoms with Gasteiger partial charge in [0.25, 0.3) is 0 Å². The van der Waals surface area contributed by atoms with Crippen molar-refractivity contribution in [3.63, 3.8) is 0 Å². The van der Waals surface area contributed by atoms with E-state index in [1.54, 1.807) is 17.5 Å². The van der Waals surface area contributed by atoms with E-state index in [4.69, 9.17) is 0 Å². The second-order valence-electron chi connectivity index (χ2n) is 6.14. The van der Waals surface area contributed by atoms with Gasteiger partial charge in [-0.3, -0.25) is 4.79 Å². The lowest BCUT2D eigenvalue weighted by atomic mass is 9.97. The molecule has 1 amide bonds. The van der Waals surface area contributed by atoms with E-state index < -0.39 is 0 Å². The first-order valence-electron chi connectivity index (χ1n) is 7.80. The van der Waals surface area contributed by atoms with Crippen LogP contribution < -0.4 is 5.32 Å². The number of rotatable bonds is 7. The van der Waals surface area contributed by atoms with E-state index in [0.717, 1.165) is 11.4 Å². The molecule has 2 rings (SSSR count). The fourth-order valence-corrected chi connectivity index (χ4v) is 3.23. The van der Waals surface area contributed by atoms with Gasteiger partial charge < -0.3 is 5.32 Å². The van der Waals surface area contributed by atoms with Crippen molar-refractivity contribution in [1.29, 1.82) is 0 Å². The molecule has 1 aromatic carbocycles. The van der Waals surface area contributed by atoms with Gasteiger partial charge >= 0.3 is 0 Å². The van der Waals surface area contributed by atoms with Gasteiger partial charge in [0.05, 0.1) is 6.04 Å². The van der Waals surface area contributed by atoms with Crippen molar-refractivity contribution < 1.29 is 4.79 Å². The van der Waals surface area contributed by atoms with Crippen LogP contribution in [0.5, 0.6) is 0 Å². The van der Waals surface area contributed by atoms with Crippen LogP contribution in [0.2, 0.25) is 0 Å². The summed E-state index contributed by atoms with van der Waals surface area (Å²) in [5.41, 5.74) is 1.20. The van der Waals surface area contributed by atoms with E-state index in [1.165, 1.54) is 5.56 Å². The lowest BCUT2D eigenvalue weighted by Crippen LogP contribution is -2.30. The summed E-state index contributed by atoms with van der Waals surface area (Å²) in [6.07, 6.45) is 3.22. The van der Waals surface area contributed by atoms with E-state index in [0.29, 0.717) is 12.3 Å². The molecule has 0 aliphatic carbocycles. The molecule has 4 heteroatoms. The number of hydrogen-bond donors (Lipinski definition) is 1. The fourth-order valence-electron chi connectivity index (χ4n) is 2.53. The Morgan fingerprint density at radius 3 is 2.55 bits per heavy atom. The largest absolute Gasteiger partial charge is 0.347 e. The zero-order chi connectivity index (χ0) is 15.9. The lowest BCUT2D eigenvalue weighted by Gasteiger charge is -2.20. The van der Waals surface area contributed by atoms with E-state index >= 15 is 0 Å². The highest BCUT2D eigenvalue weighted by Gasteiger charge is 2.20. The van der Waals surface area contributed by atoms with Gasteiger partial charge in [0.15, 0.2) is 0 Å². The first-order chi connectivity index (χ1) is 10.6. The van der Waals surface area contributed by atoms with Gasteiger partial charge in [0.1, 0.15) is 5.01 Å². The Bertz CT molecular complexity index is 566. The molecular formula is C18H24N2OS. The van der Waals surface area contributed by atoms with Crippen LogP contribution in [0, 0.1) is 5.92 Å². The van der Waals surface area contributed by atoms with Crippen molar-refractivity contribution in [2.24, 2.45) is 5.92 Å². The normalized spacial score (nSPS) is 13.8. The summed E-state index contributed by atoms with van der Waals surface area (Å²) in [5.74, 6) is 0.829. The van der Waals surface area contributed by atoms with Crippen molar-refractivity contribution in [2.45, 2.75) is 45.6 Å². The third kappa shape index (κ3) is 4.95. The molecule has 118 valence electrons. The molecule has 0 saturated carbocycles. The van der Waals surface area contributed by atoms with Crippen LogP contribution in [0.15, 0.2) is 41.9 Å². The second-order valence-corrected chi connectivity index (χ2v) is 7.06. The van der Waals surface area contributed by atoms with Crippen molar-refractivity contribution in [1.82, 2.24) is 10.3 Å². The maximum absolute atomic E-state index is 12.4. The van der Waals surface area contributed by atoms with Gasteiger partial charge in [-0.05, 0) is 23.8 Å². The van der Waals surface area contributed by atoms with Crippen LogP contribution in [0.4, 0.5) is 0 Å². The SMILES string of the molecule is CC(C)CC(NC(=O)CC(C)c1ccccc1)c1nccs1. The van der Waals surface area contributed by atoms with Crippen molar-refractivity contribution in [3.05, 3.63) is 52.5 Å². The maximum Gasteiger partial charge on any atom is 0.221 e. The number of hydrogen-bond acceptors (Lipinski definition) is 3. The molecular weight excluding hydrogens is 292 g/mol. The average molecular weight is 316 g/mol. The molecule has 22 heavy (non-hydrogen) atoms. The number of benzene rings is 1. The van der Waals surface area contributed by atoms with Gasteiger partial charge in [0.2, 0.25) is 5.91 Å². The van der Waals surface area contributed by atoms with Gasteiger partial charge in [-0.25, -0.2) is 4.98 Å². The number of nitrogens with one attached hydrogen (secondary N) is 1. The highest BCUT2D eigenvalue weighted by atomic mass is 32.1. The van der Waals surface area contributed by atoms with E-state index in [9.17, 15) is 4.79 Å². The molecule has 0 saturated heterocycles. The molecule has 0 spiro atoms. The highest BCUT2D eigenvalue weighted by Crippen LogP contribution is 2.24. The third-order valence-corrected chi connectivity index (χ3v) is 4.54.